The van der Waals surface area contributed by atoms with Gasteiger partial charge in [-0.05, 0) is 23.6 Å². The number of allylic oxidation sites excluding steroid dienone is 1. The Bertz CT molecular complexity index is 882. The maximum Gasteiger partial charge on any atom is 0.270 e. The highest BCUT2D eigenvalue weighted by atomic mass is 32.1. The van der Waals surface area contributed by atoms with Gasteiger partial charge in [0.05, 0.1) is 15.5 Å². The van der Waals surface area contributed by atoms with E-state index in [1.165, 1.54) is 35.6 Å². The fraction of sp³-hybridized carbons (Fsp3) is 0. The van der Waals surface area contributed by atoms with Gasteiger partial charge in [-0.1, -0.05) is 18.2 Å². The van der Waals surface area contributed by atoms with Crippen LogP contribution in [0.25, 0.3) is 16.0 Å². The van der Waals surface area contributed by atoms with Crippen LogP contribution in [0.2, 0.25) is 0 Å². The third kappa shape index (κ3) is 3.58. The van der Waals surface area contributed by atoms with Crippen molar-refractivity contribution in [3.63, 3.8) is 0 Å². The fourth-order valence-corrected chi connectivity index (χ4v) is 3.51. The number of carbonyl (C=O) groups excluding carboxylic acids is 1. The Kier molecular flexibility index (Phi) is 4.40. The second-order valence-electron chi connectivity index (χ2n) is 4.56. The maximum atomic E-state index is 12.1. The summed E-state index contributed by atoms with van der Waals surface area (Å²) in [7, 11) is 0. The van der Waals surface area contributed by atoms with E-state index < -0.39 is 4.92 Å². The molecule has 2 heterocycles. The van der Waals surface area contributed by atoms with Crippen LogP contribution in [0.3, 0.4) is 0 Å². The lowest BCUT2D eigenvalue weighted by Crippen LogP contribution is -1.96. The van der Waals surface area contributed by atoms with Crippen molar-refractivity contribution in [2.24, 2.45) is 0 Å². The average molecular weight is 342 g/mol. The highest BCUT2D eigenvalue weighted by molar-refractivity contribution is 7.20. The summed E-state index contributed by atoms with van der Waals surface area (Å²) in [6, 6.07) is 9.63. The number of nitrogens with zero attached hydrogens (tertiary/aromatic N) is 2. The summed E-state index contributed by atoms with van der Waals surface area (Å²) in [5.41, 5.74) is 0.874. The van der Waals surface area contributed by atoms with Crippen LogP contribution in [0.1, 0.15) is 16.1 Å². The lowest BCUT2D eigenvalue weighted by atomic mass is 10.1. The first-order valence-corrected chi connectivity index (χ1v) is 8.36. The van der Waals surface area contributed by atoms with Crippen molar-refractivity contribution in [1.29, 1.82) is 0 Å². The number of nitro benzene ring substituents is 1. The number of nitro groups is 1. The molecular formula is C16H10N2O3S2. The highest BCUT2D eigenvalue weighted by Gasteiger charge is 2.09. The predicted molar refractivity (Wildman–Crippen MR) is 91.9 cm³/mol. The van der Waals surface area contributed by atoms with E-state index in [1.807, 2.05) is 22.9 Å². The van der Waals surface area contributed by atoms with Crippen molar-refractivity contribution >= 4 is 40.2 Å². The number of benzene rings is 1. The van der Waals surface area contributed by atoms with E-state index in [0.717, 1.165) is 9.88 Å². The van der Waals surface area contributed by atoms with Crippen molar-refractivity contribution in [1.82, 2.24) is 4.98 Å². The van der Waals surface area contributed by atoms with Crippen molar-refractivity contribution < 1.29 is 9.72 Å². The van der Waals surface area contributed by atoms with Crippen LogP contribution in [0.4, 0.5) is 5.69 Å². The fourth-order valence-electron chi connectivity index (χ4n) is 1.91. The number of non-ortho nitro benzene ring substituents is 1. The van der Waals surface area contributed by atoms with Crippen LogP contribution in [0.5, 0.6) is 0 Å². The molecule has 1 aromatic carbocycles. The summed E-state index contributed by atoms with van der Waals surface area (Å²) in [6.07, 6.45) is 3.00. The van der Waals surface area contributed by atoms with Crippen LogP contribution in [-0.4, -0.2) is 15.7 Å². The highest BCUT2D eigenvalue weighted by Crippen LogP contribution is 2.28. The molecule has 7 heteroatoms. The molecule has 0 aliphatic heterocycles. The maximum absolute atomic E-state index is 12.1. The van der Waals surface area contributed by atoms with Gasteiger partial charge in [-0.15, -0.1) is 22.7 Å². The van der Waals surface area contributed by atoms with Gasteiger partial charge in [0.2, 0.25) is 0 Å². The van der Waals surface area contributed by atoms with Gasteiger partial charge in [-0.2, -0.15) is 0 Å². The molecular weight excluding hydrogens is 332 g/mol. The number of rotatable bonds is 5. The summed E-state index contributed by atoms with van der Waals surface area (Å²) in [5.74, 6) is -0.292. The van der Waals surface area contributed by atoms with Gasteiger partial charge in [0.15, 0.2) is 5.78 Å². The number of hydrogen-bond donors (Lipinski definition) is 0. The van der Waals surface area contributed by atoms with E-state index in [2.05, 4.69) is 4.98 Å². The second-order valence-corrected chi connectivity index (χ2v) is 6.37. The summed E-state index contributed by atoms with van der Waals surface area (Å²) in [5, 5.41) is 15.5. The summed E-state index contributed by atoms with van der Waals surface area (Å²) < 4.78 is 0. The Morgan fingerprint density at radius 2 is 2.09 bits per heavy atom. The molecule has 0 fully saturated rings. The zero-order valence-corrected chi connectivity index (χ0v) is 13.3. The molecule has 2 aromatic heterocycles. The molecule has 0 bridgehead atoms. The molecule has 3 rings (SSSR count). The van der Waals surface area contributed by atoms with Gasteiger partial charge >= 0.3 is 0 Å². The zero-order valence-electron chi connectivity index (χ0n) is 11.7. The molecule has 0 aliphatic rings. The molecule has 0 aliphatic carbocycles. The van der Waals surface area contributed by atoms with Gasteiger partial charge in [0.25, 0.3) is 5.69 Å². The largest absolute Gasteiger partial charge is 0.289 e. The quantitative estimate of drug-likeness (QED) is 0.292. The van der Waals surface area contributed by atoms with Crippen molar-refractivity contribution in [3.05, 3.63) is 74.6 Å². The van der Waals surface area contributed by atoms with Crippen molar-refractivity contribution in [3.8, 4) is 9.88 Å². The average Bonchev–Trinajstić information content (AvgIpc) is 3.23. The van der Waals surface area contributed by atoms with Gasteiger partial charge in [0.1, 0.15) is 5.01 Å². The monoisotopic (exact) mass is 342 g/mol. The number of ketones is 1. The van der Waals surface area contributed by atoms with Crippen molar-refractivity contribution in [2.45, 2.75) is 0 Å². The van der Waals surface area contributed by atoms with Gasteiger partial charge in [-0.25, -0.2) is 4.98 Å². The third-order valence-corrected chi connectivity index (χ3v) is 4.90. The zero-order chi connectivity index (χ0) is 16.2. The van der Waals surface area contributed by atoms with Gasteiger partial charge in [-0.3, -0.25) is 14.9 Å². The first-order chi connectivity index (χ1) is 11.1. The smallest absolute Gasteiger partial charge is 0.270 e. The molecule has 0 unspecified atom stereocenters. The second kappa shape index (κ2) is 6.64. The van der Waals surface area contributed by atoms with E-state index in [-0.39, 0.29) is 17.0 Å². The summed E-state index contributed by atoms with van der Waals surface area (Å²) in [4.78, 5) is 27.8. The van der Waals surface area contributed by atoms with E-state index in [1.54, 1.807) is 23.5 Å². The number of aromatic nitrogens is 1. The Morgan fingerprint density at radius 3 is 2.83 bits per heavy atom. The third-order valence-electron chi connectivity index (χ3n) is 3.00. The molecule has 0 spiro atoms. The summed E-state index contributed by atoms with van der Waals surface area (Å²) in [6.45, 7) is 0. The molecule has 23 heavy (non-hydrogen) atoms. The number of hydrogen-bond acceptors (Lipinski definition) is 6. The van der Waals surface area contributed by atoms with Gasteiger partial charge < -0.3 is 0 Å². The van der Waals surface area contributed by atoms with Crippen LogP contribution in [-0.2, 0) is 0 Å². The first-order valence-electron chi connectivity index (χ1n) is 6.60. The first kappa shape index (κ1) is 15.3. The SMILES string of the molecule is O=C(/C=C/c1csc(-c2cccs2)n1)c1cccc([N+](=O)[O-])c1. The molecule has 0 radical (unpaired) electrons. The van der Waals surface area contributed by atoms with E-state index >= 15 is 0 Å². The van der Waals surface area contributed by atoms with Crippen LogP contribution >= 0.6 is 22.7 Å². The molecule has 0 atom stereocenters. The topological polar surface area (TPSA) is 73.1 Å². The van der Waals surface area contributed by atoms with Crippen LogP contribution in [0, 0.1) is 10.1 Å². The van der Waals surface area contributed by atoms with Crippen LogP contribution in [0.15, 0.2) is 53.2 Å². The lowest BCUT2D eigenvalue weighted by Gasteiger charge is -1.95. The Balaban J connectivity index is 1.76. The van der Waals surface area contributed by atoms with Gasteiger partial charge in [0, 0.05) is 23.1 Å². The molecule has 0 saturated heterocycles. The molecule has 0 amide bonds. The van der Waals surface area contributed by atoms with Crippen LogP contribution < -0.4 is 0 Å². The molecule has 0 saturated carbocycles. The Morgan fingerprint density at radius 1 is 1.22 bits per heavy atom. The number of thiazole rings is 1. The molecule has 114 valence electrons. The van der Waals surface area contributed by atoms with Crippen molar-refractivity contribution in [2.75, 3.05) is 0 Å². The van der Waals surface area contributed by atoms with E-state index in [9.17, 15) is 14.9 Å². The van der Waals surface area contributed by atoms with E-state index in [0.29, 0.717) is 5.69 Å². The standard InChI is InChI=1S/C16H10N2O3S2/c19-14(11-3-1-4-13(9-11)18(20)21)7-6-12-10-23-16(17-12)15-5-2-8-22-15/h1-10H/b7-6+. The number of carbonyl (C=O) groups is 1. The Labute approximate surface area is 139 Å². The molecule has 3 aromatic rings. The predicted octanol–water partition coefficient (Wildman–Crippen LogP) is 4.68. The normalized spacial score (nSPS) is 11.0. The minimum absolute atomic E-state index is 0.0992. The lowest BCUT2D eigenvalue weighted by molar-refractivity contribution is -0.384. The molecule has 5 nitrogen and oxygen atoms in total. The Hall–Kier alpha value is -2.64. The minimum atomic E-state index is -0.520. The number of thiophene rings is 1. The van der Waals surface area contributed by atoms with E-state index in [4.69, 9.17) is 0 Å². The molecule has 0 N–H and O–H groups in total. The summed E-state index contributed by atoms with van der Waals surface area (Å²) >= 11 is 3.12. The minimum Gasteiger partial charge on any atom is -0.289 e.